The molecule has 2 heterocycles. The Kier molecular flexibility index (Phi) is 8.99. The highest BCUT2D eigenvalue weighted by atomic mass is 32.2. The Bertz CT molecular complexity index is 1510. The number of nitrogens with zero attached hydrogens (tertiary/aromatic N) is 5. The zero-order valence-corrected chi connectivity index (χ0v) is 23.1. The van der Waals surface area contributed by atoms with Gasteiger partial charge in [0.15, 0.2) is 9.84 Å². The van der Waals surface area contributed by atoms with Crippen LogP contribution in [0.1, 0.15) is 53.8 Å². The van der Waals surface area contributed by atoms with E-state index < -0.39 is 32.4 Å². The number of halogens is 3. The van der Waals surface area contributed by atoms with Crippen molar-refractivity contribution < 1.29 is 30.8 Å². The molecule has 3 rings (SSSR count). The van der Waals surface area contributed by atoms with Crippen molar-refractivity contribution in [1.29, 1.82) is 0 Å². The van der Waals surface area contributed by atoms with Crippen LogP contribution in [0, 0.1) is 13.8 Å². The number of sulfone groups is 1. The highest BCUT2D eigenvalue weighted by molar-refractivity contribution is 7.98. The fourth-order valence-electron chi connectivity index (χ4n) is 3.14. The first-order chi connectivity index (χ1) is 17.3. The number of benzene rings is 1. The summed E-state index contributed by atoms with van der Waals surface area (Å²) in [7, 11) is -4.22. The summed E-state index contributed by atoms with van der Waals surface area (Å²) in [4.78, 5) is 22.9. The predicted molar refractivity (Wildman–Crippen MR) is 133 cm³/mol. The van der Waals surface area contributed by atoms with E-state index in [1.165, 1.54) is 18.7 Å². The van der Waals surface area contributed by atoms with Crippen molar-refractivity contribution >= 4 is 33.5 Å². The van der Waals surface area contributed by atoms with Crippen LogP contribution in [0.25, 0.3) is 0 Å². The molecule has 0 spiro atoms. The summed E-state index contributed by atoms with van der Waals surface area (Å²) in [5.41, 5.74) is -2.12. The van der Waals surface area contributed by atoms with E-state index in [9.17, 15) is 31.2 Å². The summed E-state index contributed by atoms with van der Waals surface area (Å²) in [5, 5.41) is 17.4. The largest absolute Gasteiger partial charge is 0.417 e. The van der Waals surface area contributed by atoms with Gasteiger partial charge in [0.25, 0.3) is 11.5 Å². The Morgan fingerprint density at radius 2 is 1.71 bits per heavy atom. The number of nitrogens with two attached hydrogens (primary N) is 1. The summed E-state index contributed by atoms with van der Waals surface area (Å²) in [5.74, 6) is 4.88. The molecule has 1 aromatic carbocycles. The maximum atomic E-state index is 13.0. The first kappa shape index (κ1) is 30.8. The molecule has 17 heteroatoms. The molecule has 0 atom stereocenters. The van der Waals surface area contributed by atoms with Gasteiger partial charge in [-0.25, -0.2) is 8.42 Å². The van der Waals surface area contributed by atoms with E-state index in [-0.39, 0.29) is 34.0 Å². The number of aromatic nitrogens is 5. The third-order valence-electron chi connectivity index (χ3n) is 4.83. The number of amides is 1. The van der Waals surface area contributed by atoms with E-state index in [0.29, 0.717) is 23.2 Å². The summed E-state index contributed by atoms with van der Waals surface area (Å²) >= 11 is 1.29. The van der Waals surface area contributed by atoms with Crippen LogP contribution in [0.2, 0.25) is 0 Å². The summed E-state index contributed by atoms with van der Waals surface area (Å²) in [6.07, 6.45) is -2.43. The maximum Gasteiger partial charge on any atom is 0.417 e. The Labute approximate surface area is 220 Å². The van der Waals surface area contributed by atoms with Crippen molar-refractivity contribution in [3.05, 3.63) is 50.8 Å². The highest BCUT2D eigenvalue weighted by Crippen LogP contribution is 2.37. The molecule has 0 aliphatic heterocycles. The fraction of sp³-hybridized carbons (Fsp3) is 0.429. The lowest BCUT2D eigenvalue weighted by molar-refractivity contribution is -0.140. The number of aryl methyl sites for hydroxylation is 1. The molecule has 0 saturated heterocycles. The number of anilines is 1. The van der Waals surface area contributed by atoms with Crippen molar-refractivity contribution in [3.63, 3.8) is 0 Å². The second kappa shape index (κ2) is 11.1. The van der Waals surface area contributed by atoms with Gasteiger partial charge < -0.3 is 10.3 Å². The van der Waals surface area contributed by atoms with Crippen LogP contribution >= 0.6 is 11.8 Å². The molecule has 3 N–H and O–H groups in total. The fourth-order valence-corrected chi connectivity index (χ4v) is 4.80. The first-order valence-electron chi connectivity index (χ1n) is 10.6. The van der Waals surface area contributed by atoms with Gasteiger partial charge in [-0.05, 0) is 30.9 Å². The maximum absolute atomic E-state index is 13.0. The molecular weight excluding hydrogens is 551 g/mol. The van der Waals surface area contributed by atoms with E-state index in [2.05, 4.69) is 25.7 Å². The molecule has 0 aliphatic carbocycles. The molecule has 3 aromatic rings. The molecule has 0 bridgehead atoms. The quantitative estimate of drug-likeness (QED) is 0.344. The van der Waals surface area contributed by atoms with Crippen molar-refractivity contribution in [2.24, 2.45) is 0 Å². The minimum atomic E-state index is -4.87. The van der Waals surface area contributed by atoms with Crippen LogP contribution in [0.5, 0.6) is 0 Å². The SMILES string of the molecule is CSc1nnc(C(C)(C)C)c(=O)n1N.Cc1nnc(NC(=O)c2ccc(C(F)(F)F)c(S(C)(=O)=O)c2C)o1. The summed E-state index contributed by atoms with van der Waals surface area (Å²) < 4.78 is 68.7. The van der Waals surface area contributed by atoms with Gasteiger partial charge in [-0.1, -0.05) is 37.6 Å². The molecule has 0 radical (unpaired) electrons. The van der Waals surface area contributed by atoms with Crippen molar-refractivity contribution in [2.45, 2.75) is 56.3 Å². The monoisotopic (exact) mass is 577 g/mol. The van der Waals surface area contributed by atoms with Crippen LogP contribution in [0.3, 0.4) is 0 Å². The number of carbonyl (C=O) groups is 1. The van der Waals surface area contributed by atoms with Crippen molar-refractivity contribution in [3.8, 4) is 0 Å². The number of nitrogen functional groups attached to an aromatic ring is 1. The Balaban J connectivity index is 0.000000308. The smallest absolute Gasteiger partial charge is 0.408 e. The predicted octanol–water partition coefficient (Wildman–Crippen LogP) is 2.73. The number of hydrogen-bond acceptors (Lipinski definition) is 11. The van der Waals surface area contributed by atoms with Gasteiger partial charge in [0.1, 0.15) is 5.69 Å². The third-order valence-corrected chi connectivity index (χ3v) is 6.74. The number of nitrogens with one attached hydrogen (secondary N) is 1. The molecule has 2 aromatic heterocycles. The minimum absolute atomic E-state index is 0.172. The van der Waals surface area contributed by atoms with Crippen LogP contribution in [0.4, 0.5) is 19.2 Å². The molecule has 208 valence electrons. The number of thioether (sulfide) groups is 1. The van der Waals surface area contributed by atoms with Gasteiger partial charge in [0.05, 0.1) is 10.5 Å². The lowest BCUT2D eigenvalue weighted by atomic mass is 9.93. The normalized spacial score (nSPS) is 12.1. The van der Waals surface area contributed by atoms with Gasteiger partial charge in [0.2, 0.25) is 11.0 Å². The number of carbonyl (C=O) groups excluding carboxylic acids is 1. The van der Waals surface area contributed by atoms with Gasteiger partial charge in [-0.2, -0.15) is 17.8 Å². The second-order valence-corrected chi connectivity index (χ2v) is 11.7. The van der Waals surface area contributed by atoms with Gasteiger partial charge in [0, 0.05) is 24.2 Å². The standard InChI is InChI=1S/C13H12F3N3O4S.C8H14N4OS/c1-6-8(11(20)17-12-19-18-7(2)23-12)4-5-9(13(14,15)16)10(6)24(3,21)22;1-8(2,3)5-6(13)12(9)7(14-4)11-10-5/h4-5H,1-3H3,(H,17,19,20);9H2,1-4H3. The van der Waals surface area contributed by atoms with Crippen LogP contribution in [0.15, 0.2) is 31.4 Å². The molecule has 38 heavy (non-hydrogen) atoms. The van der Waals surface area contributed by atoms with E-state index in [0.717, 1.165) is 17.7 Å². The highest BCUT2D eigenvalue weighted by Gasteiger charge is 2.38. The van der Waals surface area contributed by atoms with E-state index in [1.807, 2.05) is 20.8 Å². The van der Waals surface area contributed by atoms with E-state index >= 15 is 0 Å². The summed E-state index contributed by atoms with van der Waals surface area (Å²) in [6.45, 7) is 8.30. The van der Waals surface area contributed by atoms with Crippen molar-refractivity contribution in [2.75, 3.05) is 23.7 Å². The number of hydrogen-bond donors (Lipinski definition) is 2. The molecule has 12 nitrogen and oxygen atoms in total. The van der Waals surface area contributed by atoms with Gasteiger partial charge >= 0.3 is 12.2 Å². The van der Waals surface area contributed by atoms with E-state index in [1.54, 1.807) is 6.26 Å². The van der Waals surface area contributed by atoms with Gasteiger partial charge in [-0.3, -0.25) is 14.9 Å². The average Bonchev–Trinajstić information content (AvgIpc) is 3.17. The van der Waals surface area contributed by atoms with Crippen molar-refractivity contribution in [1.82, 2.24) is 25.1 Å². The Hall–Kier alpha value is -3.47. The first-order valence-corrected chi connectivity index (χ1v) is 13.7. The van der Waals surface area contributed by atoms with E-state index in [4.69, 9.17) is 10.3 Å². The minimum Gasteiger partial charge on any atom is -0.408 e. The van der Waals surface area contributed by atoms with Crippen LogP contribution < -0.4 is 16.7 Å². The summed E-state index contributed by atoms with van der Waals surface area (Å²) in [6, 6.07) is 1.20. The number of alkyl halides is 3. The molecule has 1 amide bonds. The Morgan fingerprint density at radius 1 is 1.11 bits per heavy atom. The zero-order valence-electron chi connectivity index (χ0n) is 21.5. The van der Waals surface area contributed by atoms with Crippen LogP contribution in [-0.2, 0) is 21.4 Å². The second-order valence-electron chi connectivity index (χ2n) is 8.93. The molecule has 0 unspecified atom stereocenters. The number of rotatable bonds is 4. The molecular formula is C21H26F3N7O5S2. The zero-order chi connectivity index (χ0) is 29.2. The average molecular weight is 578 g/mol. The lowest BCUT2D eigenvalue weighted by Crippen LogP contribution is -2.37. The molecule has 0 aliphatic rings. The Morgan fingerprint density at radius 3 is 2.16 bits per heavy atom. The van der Waals surface area contributed by atoms with Gasteiger partial charge in [-0.15, -0.1) is 15.3 Å². The topological polar surface area (TPSA) is 176 Å². The van der Waals surface area contributed by atoms with Crippen LogP contribution in [-0.4, -0.2) is 51.9 Å². The molecule has 0 fully saturated rings. The lowest BCUT2D eigenvalue weighted by Gasteiger charge is -2.16. The third kappa shape index (κ3) is 7.09. The molecule has 0 saturated carbocycles.